The van der Waals surface area contributed by atoms with Crippen LogP contribution in [0, 0.1) is 18.8 Å². The third-order valence-electron chi connectivity index (χ3n) is 1.49. The van der Waals surface area contributed by atoms with E-state index in [1.807, 2.05) is 26.0 Å². The molecule has 0 aromatic heterocycles. The fraction of sp³-hybridized carbons (Fsp3) is 0.250. The minimum Gasteiger partial charge on any atom is -0.145 e. The van der Waals surface area contributed by atoms with Crippen LogP contribution in [0.3, 0.4) is 0 Å². The highest BCUT2D eigenvalue weighted by atomic mass is 79.9. The van der Waals surface area contributed by atoms with E-state index >= 15 is 0 Å². The molecule has 0 N–H and O–H groups in total. The van der Waals surface area contributed by atoms with Gasteiger partial charge in [-0.2, -0.15) is 0 Å². The monoisotopic (exact) mass is 213 g/mol. The van der Waals surface area contributed by atoms with E-state index in [9.17, 15) is 4.91 Å². The van der Waals surface area contributed by atoms with Crippen molar-refractivity contribution >= 4 is 21.6 Å². The molecule has 1 aromatic carbocycles. The first-order chi connectivity index (χ1) is 5.15. The topological polar surface area (TPSA) is 29.4 Å². The minimum absolute atomic E-state index is 0.496. The van der Waals surface area contributed by atoms with Crippen molar-refractivity contribution in [3.8, 4) is 0 Å². The third-order valence-corrected chi connectivity index (χ3v) is 2.09. The van der Waals surface area contributed by atoms with Crippen LogP contribution in [0.15, 0.2) is 21.8 Å². The van der Waals surface area contributed by atoms with Gasteiger partial charge in [-0.15, -0.1) is 4.91 Å². The second kappa shape index (κ2) is 3.13. The van der Waals surface area contributed by atoms with Gasteiger partial charge in [-0.3, -0.25) is 0 Å². The first-order valence-corrected chi connectivity index (χ1v) is 4.04. The molecule has 11 heavy (non-hydrogen) atoms. The Bertz CT molecular complexity index is 273. The molecule has 0 radical (unpaired) electrons. The van der Waals surface area contributed by atoms with Gasteiger partial charge in [0.15, 0.2) is 0 Å². The van der Waals surface area contributed by atoms with Crippen LogP contribution in [-0.4, -0.2) is 0 Å². The summed E-state index contributed by atoms with van der Waals surface area (Å²) < 4.78 is 0.769. The van der Waals surface area contributed by atoms with E-state index in [4.69, 9.17) is 0 Å². The van der Waals surface area contributed by atoms with E-state index in [0.717, 1.165) is 15.6 Å². The van der Waals surface area contributed by atoms with Gasteiger partial charge in [0.1, 0.15) is 5.69 Å². The standard InChI is InChI=1S/C8H8BrNO/c1-5-3-6(2)8(10-11)7(9)4-5/h3-4H,1-2H3. The van der Waals surface area contributed by atoms with Crippen molar-refractivity contribution in [2.75, 3.05) is 0 Å². The third kappa shape index (κ3) is 1.66. The van der Waals surface area contributed by atoms with Crippen LogP contribution in [0.5, 0.6) is 0 Å². The summed E-state index contributed by atoms with van der Waals surface area (Å²) in [5, 5.41) is 2.91. The molecule has 0 saturated heterocycles. The maximum atomic E-state index is 10.3. The quantitative estimate of drug-likeness (QED) is 0.658. The molecular weight excluding hydrogens is 206 g/mol. The van der Waals surface area contributed by atoms with E-state index in [1.165, 1.54) is 0 Å². The molecule has 0 aliphatic carbocycles. The number of benzene rings is 1. The Morgan fingerprint density at radius 3 is 2.45 bits per heavy atom. The second-order valence-corrected chi connectivity index (χ2v) is 3.36. The lowest BCUT2D eigenvalue weighted by molar-refractivity contribution is 1.32. The Morgan fingerprint density at radius 2 is 2.00 bits per heavy atom. The van der Waals surface area contributed by atoms with Gasteiger partial charge < -0.3 is 0 Å². The normalized spacial score (nSPS) is 9.73. The van der Waals surface area contributed by atoms with Crippen molar-refractivity contribution in [3.63, 3.8) is 0 Å². The summed E-state index contributed by atoms with van der Waals surface area (Å²) in [7, 11) is 0. The number of nitrogens with zero attached hydrogens (tertiary/aromatic N) is 1. The van der Waals surface area contributed by atoms with E-state index in [2.05, 4.69) is 21.1 Å². The molecule has 0 aliphatic heterocycles. The maximum absolute atomic E-state index is 10.3. The fourth-order valence-electron chi connectivity index (χ4n) is 1.02. The molecule has 1 rings (SSSR count). The largest absolute Gasteiger partial charge is 0.145 e. The molecule has 58 valence electrons. The predicted molar refractivity (Wildman–Crippen MR) is 49.1 cm³/mol. The molecule has 0 saturated carbocycles. The number of aryl methyl sites for hydroxylation is 2. The van der Waals surface area contributed by atoms with Gasteiger partial charge in [0.25, 0.3) is 0 Å². The fourth-order valence-corrected chi connectivity index (χ4v) is 1.77. The Kier molecular flexibility index (Phi) is 2.39. The summed E-state index contributed by atoms with van der Waals surface area (Å²) >= 11 is 3.26. The van der Waals surface area contributed by atoms with Crippen LogP contribution in [0.2, 0.25) is 0 Å². The van der Waals surface area contributed by atoms with Crippen molar-refractivity contribution in [2.45, 2.75) is 13.8 Å². The average Bonchev–Trinajstić information content (AvgIpc) is 1.85. The molecule has 0 aliphatic rings. The number of hydrogen-bond donors (Lipinski definition) is 0. The van der Waals surface area contributed by atoms with Crippen LogP contribution < -0.4 is 0 Å². The van der Waals surface area contributed by atoms with Gasteiger partial charge in [0.2, 0.25) is 0 Å². The first-order valence-electron chi connectivity index (χ1n) is 3.25. The van der Waals surface area contributed by atoms with E-state index in [-0.39, 0.29) is 0 Å². The van der Waals surface area contributed by atoms with Crippen molar-refractivity contribution in [2.24, 2.45) is 5.18 Å². The van der Waals surface area contributed by atoms with E-state index < -0.39 is 0 Å². The Labute approximate surface area is 73.7 Å². The summed E-state index contributed by atoms with van der Waals surface area (Å²) in [6, 6.07) is 3.81. The van der Waals surface area contributed by atoms with Gasteiger partial charge in [0, 0.05) is 4.47 Å². The van der Waals surface area contributed by atoms with Gasteiger partial charge in [0.05, 0.1) is 0 Å². The minimum atomic E-state index is 0.496. The Hall–Kier alpha value is -0.700. The highest BCUT2D eigenvalue weighted by Gasteiger charge is 2.03. The molecule has 0 spiro atoms. The SMILES string of the molecule is Cc1cc(C)c(N=O)c(Br)c1. The molecule has 0 heterocycles. The number of hydrogen-bond acceptors (Lipinski definition) is 2. The molecule has 1 aromatic rings. The highest BCUT2D eigenvalue weighted by molar-refractivity contribution is 9.10. The zero-order valence-electron chi connectivity index (χ0n) is 6.39. The van der Waals surface area contributed by atoms with Gasteiger partial charge >= 0.3 is 0 Å². The van der Waals surface area contributed by atoms with Crippen LogP contribution in [-0.2, 0) is 0 Å². The van der Waals surface area contributed by atoms with Crippen LogP contribution in [0.4, 0.5) is 5.69 Å². The molecular formula is C8H8BrNO. The van der Waals surface area contributed by atoms with Crippen molar-refractivity contribution in [3.05, 3.63) is 32.6 Å². The molecule has 3 heteroatoms. The zero-order valence-corrected chi connectivity index (χ0v) is 7.97. The van der Waals surface area contributed by atoms with Crippen molar-refractivity contribution in [1.29, 1.82) is 0 Å². The van der Waals surface area contributed by atoms with E-state index in [1.54, 1.807) is 0 Å². The van der Waals surface area contributed by atoms with Crippen molar-refractivity contribution < 1.29 is 0 Å². The maximum Gasteiger partial charge on any atom is 0.125 e. The first kappa shape index (κ1) is 8.40. The summed E-state index contributed by atoms with van der Waals surface area (Å²) in [5.41, 5.74) is 2.53. The summed E-state index contributed by atoms with van der Waals surface area (Å²) in [6.45, 7) is 3.85. The Balaban J connectivity index is 3.36. The predicted octanol–water partition coefficient (Wildman–Crippen LogP) is 3.46. The smallest absolute Gasteiger partial charge is 0.125 e. The Morgan fingerprint density at radius 1 is 1.36 bits per heavy atom. The molecule has 0 bridgehead atoms. The van der Waals surface area contributed by atoms with Crippen molar-refractivity contribution in [1.82, 2.24) is 0 Å². The van der Waals surface area contributed by atoms with Gasteiger partial charge in [-0.25, -0.2) is 0 Å². The molecule has 0 fully saturated rings. The van der Waals surface area contributed by atoms with Crippen LogP contribution >= 0.6 is 15.9 Å². The molecule has 2 nitrogen and oxygen atoms in total. The lowest BCUT2D eigenvalue weighted by Crippen LogP contribution is -1.78. The number of nitroso groups, excluding NO2 is 1. The van der Waals surface area contributed by atoms with E-state index in [0.29, 0.717) is 5.69 Å². The lowest BCUT2D eigenvalue weighted by atomic mass is 10.1. The number of rotatable bonds is 1. The molecule has 0 atom stereocenters. The molecule has 0 unspecified atom stereocenters. The van der Waals surface area contributed by atoms with Crippen LogP contribution in [0.25, 0.3) is 0 Å². The average molecular weight is 214 g/mol. The van der Waals surface area contributed by atoms with Gasteiger partial charge in [-0.05, 0) is 52.1 Å². The highest BCUT2D eigenvalue weighted by Crippen LogP contribution is 2.29. The molecule has 0 amide bonds. The summed E-state index contributed by atoms with van der Waals surface area (Å²) in [4.78, 5) is 10.3. The van der Waals surface area contributed by atoms with Gasteiger partial charge in [-0.1, -0.05) is 6.07 Å². The lowest BCUT2D eigenvalue weighted by Gasteiger charge is -2.00. The summed E-state index contributed by atoms with van der Waals surface area (Å²) in [6.07, 6.45) is 0. The number of halogens is 1. The summed E-state index contributed by atoms with van der Waals surface area (Å²) in [5.74, 6) is 0. The van der Waals surface area contributed by atoms with Crippen LogP contribution in [0.1, 0.15) is 11.1 Å². The second-order valence-electron chi connectivity index (χ2n) is 2.50. The zero-order chi connectivity index (χ0) is 8.43.